The zero-order chi connectivity index (χ0) is 28.7. The molecule has 2 atom stereocenters. The number of carbonyl (C=O) groups is 2. The average molecular weight is 619 g/mol. The van der Waals surface area contributed by atoms with Crippen LogP contribution >= 0.6 is 15.9 Å². The molecule has 0 aliphatic carbocycles. The molecular formula is C29H33BrFN3O4S. The molecule has 1 N–H and O–H groups in total. The second-order valence-electron chi connectivity index (χ2n) is 9.42. The van der Waals surface area contributed by atoms with Crippen LogP contribution < -0.4 is 9.62 Å². The standard InChI is InChI=1S/C29H33BrFN3O4S/c1-5-21(3)32-29(36)22(4)33(18-23-9-8-10-24(30)17-23)28(35)19-34(27-12-7-6-11-26(27)31)39(37,38)25-15-13-20(2)14-16-25/h6-17,21-22H,5,18-19H2,1-4H3,(H,32,36)/t21-,22+/m0/s1. The number of aryl methyl sites for hydroxylation is 1. The Labute approximate surface area is 238 Å². The number of halogens is 2. The Hall–Kier alpha value is -3.24. The van der Waals surface area contributed by atoms with Crippen molar-refractivity contribution in [1.29, 1.82) is 0 Å². The number of nitrogens with zero attached hydrogens (tertiary/aromatic N) is 2. The maximum atomic E-state index is 15.0. The second-order valence-corrected chi connectivity index (χ2v) is 12.2. The van der Waals surface area contributed by atoms with Gasteiger partial charge in [-0.25, -0.2) is 12.8 Å². The summed E-state index contributed by atoms with van der Waals surface area (Å²) in [5, 5.41) is 2.88. The third-order valence-corrected chi connectivity index (χ3v) is 8.69. The van der Waals surface area contributed by atoms with Crippen molar-refractivity contribution in [2.24, 2.45) is 0 Å². The molecule has 3 aromatic carbocycles. The van der Waals surface area contributed by atoms with Crippen molar-refractivity contribution in [3.8, 4) is 0 Å². The summed E-state index contributed by atoms with van der Waals surface area (Å²) >= 11 is 3.42. The number of anilines is 1. The molecule has 0 unspecified atom stereocenters. The van der Waals surface area contributed by atoms with Gasteiger partial charge < -0.3 is 10.2 Å². The first kappa shape index (κ1) is 30.3. The van der Waals surface area contributed by atoms with Gasteiger partial charge in [-0.1, -0.05) is 64.8 Å². The first-order chi connectivity index (χ1) is 18.4. The Morgan fingerprint density at radius 2 is 1.67 bits per heavy atom. The molecule has 0 fully saturated rings. The van der Waals surface area contributed by atoms with Gasteiger partial charge in [-0.15, -0.1) is 0 Å². The molecule has 0 saturated carbocycles. The van der Waals surface area contributed by atoms with Crippen LogP contribution in [-0.2, 0) is 26.2 Å². The molecule has 0 radical (unpaired) electrons. The van der Waals surface area contributed by atoms with E-state index in [9.17, 15) is 22.4 Å². The molecule has 0 saturated heterocycles. The molecule has 0 spiro atoms. The fourth-order valence-electron chi connectivity index (χ4n) is 3.88. The number of hydrogen-bond donors (Lipinski definition) is 1. The Kier molecular flexibility index (Phi) is 10.3. The van der Waals surface area contributed by atoms with E-state index in [4.69, 9.17) is 0 Å². The monoisotopic (exact) mass is 617 g/mol. The van der Waals surface area contributed by atoms with Crippen LogP contribution in [0.25, 0.3) is 0 Å². The van der Waals surface area contributed by atoms with E-state index < -0.39 is 34.3 Å². The first-order valence-electron chi connectivity index (χ1n) is 12.6. The average Bonchev–Trinajstić information content (AvgIpc) is 2.90. The molecule has 0 aliphatic rings. The number of rotatable bonds is 11. The van der Waals surface area contributed by atoms with Gasteiger partial charge in [0.2, 0.25) is 11.8 Å². The number of nitrogens with one attached hydrogen (secondary N) is 1. The van der Waals surface area contributed by atoms with Gasteiger partial charge in [0.25, 0.3) is 10.0 Å². The lowest BCUT2D eigenvalue weighted by Gasteiger charge is -2.32. The van der Waals surface area contributed by atoms with Crippen molar-refractivity contribution in [2.45, 2.75) is 57.6 Å². The maximum absolute atomic E-state index is 15.0. The SMILES string of the molecule is CC[C@H](C)NC(=O)[C@@H](C)N(Cc1cccc(Br)c1)C(=O)CN(c1ccccc1F)S(=O)(=O)c1ccc(C)cc1. The van der Waals surface area contributed by atoms with E-state index in [1.165, 1.54) is 35.2 Å². The van der Waals surface area contributed by atoms with Gasteiger partial charge in [-0.3, -0.25) is 13.9 Å². The molecule has 3 aromatic rings. The quantitative estimate of drug-likeness (QED) is 0.311. The molecule has 10 heteroatoms. The first-order valence-corrected chi connectivity index (χ1v) is 14.9. The van der Waals surface area contributed by atoms with E-state index in [0.29, 0.717) is 6.42 Å². The lowest BCUT2D eigenvalue weighted by molar-refractivity contribution is -0.139. The fourth-order valence-corrected chi connectivity index (χ4v) is 5.75. The molecular weight excluding hydrogens is 585 g/mol. The van der Waals surface area contributed by atoms with Gasteiger partial charge >= 0.3 is 0 Å². The number of para-hydroxylation sites is 1. The number of amides is 2. The van der Waals surface area contributed by atoms with Crippen LogP contribution in [0.2, 0.25) is 0 Å². The highest BCUT2D eigenvalue weighted by Gasteiger charge is 2.33. The molecule has 0 aromatic heterocycles. The number of sulfonamides is 1. The maximum Gasteiger partial charge on any atom is 0.264 e. The largest absolute Gasteiger partial charge is 0.352 e. The van der Waals surface area contributed by atoms with Crippen molar-refractivity contribution in [3.63, 3.8) is 0 Å². The summed E-state index contributed by atoms with van der Waals surface area (Å²) in [4.78, 5) is 28.2. The van der Waals surface area contributed by atoms with Gasteiger partial charge in [0.15, 0.2) is 0 Å². The van der Waals surface area contributed by atoms with Crippen molar-refractivity contribution in [2.75, 3.05) is 10.8 Å². The van der Waals surface area contributed by atoms with Crippen LogP contribution in [0.4, 0.5) is 10.1 Å². The Morgan fingerprint density at radius 3 is 2.28 bits per heavy atom. The summed E-state index contributed by atoms with van der Waals surface area (Å²) in [5.74, 6) is -1.81. The van der Waals surface area contributed by atoms with E-state index in [-0.39, 0.29) is 29.1 Å². The summed E-state index contributed by atoms with van der Waals surface area (Å²) in [5.41, 5.74) is 1.33. The Balaban J connectivity index is 2.04. The Morgan fingerprint density at radius 1 is 1.00 bits per heavy atom. The van der Waals surface area contributed by atoms with Crippen LogP contribution in [0.15, 0.2) is 82.2 Å². The smallest absolute Gasteiger partial charge is 0.264 e. The minimum absolute atomic E-state index is 0.0447. The number of carbonyl (C=O) groups excluding carboxylic acids is 2. The minimum Gasteiger partial charge on any atom is -0.352 e. The molecule has 3 rings (SSSR count). The molecule has 0 heterocycles. The van der Waals surface area contributed by atoms with Crippen molar-refractivity contribution in [1.82, 2.24) is 10.2 Å². The van der Waals surface area contributed by atoms with E-state index >= 15 is 0 Å². The van der Waals surface area contributed by atoms with Gasteiger partial charge in [0.05, 0.1) is 10.6 Å². The summed E-state index contributed by atoms with van der Waals surface area (Å²) < 4.78 is 44.0. The topological polar surface area (TPSA) is 86.8 Å². The van der Waals surface area contributed by atoms with Crippen LogP contribution in [0.5, 0.6) is 0 Å². The summed E-state index contributed by atoms with van der Waals surface area (Å²) in [6.45, 7) is 6.55. The van der Waals surface area contributed by atoms with Crippen LogP contribution in [0.1, 0.15) is 38.3 Å². The van der Waals surface area contributed by atoms with E-state index in [1.807, 2.05) is 39.0 Å². The van der Waals surface area contributed by atoms with Crippen molar-refractivity contribution < 1.29 is 22.4 Å². The van der Waals surface area contributed by atoms with E-state index in [1.54, 1.807) is 25.1 Å². The predicted molar refractivity (Wildman–Crippen MR) is 154 cm³/mol. The highest BCUT2D eigenvalue weighted by molar-refractivity contribution is 9.10. The second kappa shape index (κ2) is 13.2. The van der Waals surface area contributed by atoms with Crippen LogP contribution in [0.3, 0.4) is 0 Å². The molecule has 7 nitrogen and oxygen atoms in total. The molecule has 39 heavy (non-hydrogen) atoms. The fraction of sp³-hybridized carbons (Fsp3) is 0.310. The number of hydrogen-bond acceptors (Lipinski definition) is 4. The lowest BCUT2D eigenvalue weighted by Crippen LogP contribution is -2.52. The van der Waals surface area contributed by atoms with Crippen molar-refractivity contribution >= 4 is 43.5 Å². The van der Waals surface area contributed by atoms with Crippen LogP contribution in [0, 0.1) is 12.7 Å². The molecule has 2 amide bonds. The van der Waals surface area contributed by atoms with E-state index in [0.717, 1.165) is 26.0 Å². The van der Waals surface area contributed by atoms with Crippen LogP contribution in [-0.4, -0.2) is 43.8 Å². The minimum atomic E-state index is -4.33. The molecule has 0 aliphatic heterocycles. The zero-order valence-corrected chi connectivity index (χ0v) is 24.8. The van der Waals surface area contributed by atoms with Gasteiger partial charge in [0.1, 0.15) is 18.4 Å². The number of benzene rings is 3. The van der Waals surface area contributed by atoms with Gasteiger partial charge in [-0.05, 0) is 69.2 Å². The summed E-state index contributed by atoms with van der Waals surface area (Å²) in [6, 6.07) is 17.7. The lowest BCUT2D eigenvalue weighted by atomic mass is 10.1. The summed E-state index contributed by atoms with van der Waals surface area (Å²) in [6.07, 6.45) is 0.702. The molecule has 0 bridgehead atoms. The van der Waals surface area contributed by atoms with E-state index in [2.05, 4.69) is 21.2 Å². The third kappa shape index (κ3) is 7.67. The van der Waals surface area contributed by atoms with Crippen molar-refractivity contribution in [3.05, 3.63) is 94.2 Å². The Bertz CT molecular complexity index is 1420. The third-order valence-electron chi connectivity index (χ3n) is 6.42. The van der Waals surface area contributed by atoms with Gasteiger partial charge in [-0.2, -0.15) is 0 Å². The predicted octanol–water partition coefficient (Wildman–Crippen LogP) is 5.42. The zero-order valence-electron chi connectivity index (χ0n) is 22.4. The van der Waals surface area contributed by atoms with Gasteiger partial charge in [0, 0.05) is 17.1 Å². The normalized spacial score (nSPS) is 12.9. The highest BCUT2D eigenvalue weighted by Crippen LogP contribution is 2.27. The molecule has 208 valence electrons. The highest BCUT2D eigenvalue weighted by atomic mass is 79.9. The summed E-state index contributed by atoms with van der Waals surface area (Å²) in [7, 11) is -4.33.